The van der Waals surface area contributed by atoms with Gasteiger partial charge in [-0.2, -0.15) is 0 Å². The van der Waals surface area contributed by atoms with E-state index in [4.69, 9.17) is 15.0 Å². The molecule has 258 valence electrons. The predicted molar refractivity (Wildman–Crippen MR) is 227 cm³/mol. The van der Waals surface area contributed by atoms with Gasteiger partial charge in [-0.05, 0) is 46.0 Å². The Bertz CT molecular complexity index is 2950. The Morgan fingerprint density at radius 1 is 0.273 bits per heavy atom. The predicted octanol–water partition coefficient (Wildman–Crippen LogP) is 13.0. The Morgan fingerprint density at radius 2 is 0.727 bits per heavy atom. The SMILES string of the molecule is c1ccc(-c2ccc3c4ccccc4n(-c4ccccc4-c4ccc(-c5nc(-c6ccccc6)nc(-c6ccccc6-c6ccccc6)n5)cc4)c3c2)cc1. The van der Waals surface area contributed by atoms with E-state index < -0.39 is 0 Å². The van der Waals surface area contributed by atoms with Gasteiger partial charge >= 0.3 is 0 Å². The minimum absolute atomic E-state index is 0.627. The van der Waals surface area contributed by atoms with Gasteiger partial charge in [0.15, 0.2) is 17.5 Å². The van der Waals surface area contributed by atoms with Gasteiger partial charge in [0.2, 0.25) is 0 Å². The van der Waals surface area contributed by atoms with Crippen molar-refractivity contribution >= 4 is 21.8 Å². The van der Waals surface area contributed by atoms with Crippen LogP contribution in [0.5, 0.6) is 0 Å². The third-order valence-electron chi connectivity index (χ3n) is 10.3. The molecule has 0 N–H and O–H groups in total. The number of benzene rings is 8. The zero-order valence-corrected chi connectivity index (χ0v) is 29.9. The fourth-order valence-corrected chi connectivity index (χ4v) is 7.64. The van der Waals surface area contributed by atoms with E-state index in [9.17, 15) is 0 Å². The molecule has 0 aliphatic rings. The molecule has 0 bridgehead atoms. The number of rotatable bonds is 7. The van der Waals surface area contributed by atoms with Gasteiger partial charge in [-0.3, -0.25) is 0 Å². The van der Waals surface area contributed by atoms with Crippen molar-refractivity contribution in [3.8, 4) is 73.2 Å². The minimum Gasteiger partial charge on any atom is -0.309 e. The maximum Gasteiger partial charge on any atom is 0.164 e. The van der Waals surface area contributed by atoms with Crippen LogP contribution >= 0.6 is 0 Å². The molecule has 4 nitrogen and oxygen atoms in total. The van der Waals surface area contributed by atoms with Crippen LogP contribution < -0.4 is 0 Å². The van der Waals surface area contributed by atoms with Gasteiger partial charge in [0, 0.05) is 33.0 Å². The summed E-state index contributed by atoms with van der Waals surface area (Å²) >= 11 is 0. The number of aromatic nitrogens is 4. The Kier molecular flexibility index (Phi) is 8.12. The summed E-state index contributed by atoms with van der Waals surface area (Å²) < 4.78 is 2.41. The molecule has 0 fully saturated rings. The zero-order valence-electron chi connectivity index (χ0n) is 29.9. The standard InChI is InChI=1S/C51H34N4/c1-4-16-35(17-5-1)40-32-33-44-43-24-13-15-27-47(43)55(48(44)34-40)46-26-14-12-23-42(46)37-28-30-39(31-29-37)50-52-49(38-20-8-3-9-21-38)53-51(54-50)45-25-11-10-22-41(45)36-18-6-2-7-19-36/h1-34H. The quantitative estimate of drug-likeness (QED) is 0.166. The molecule has 8 aromatic carbocycles. The number of para-hydroxylation sites is 2. The Labute approximate surface area is 319 Å². The van der Waals surface area contributed by atoms with Crippen molar-refractivity contribution < 1.29 is 0 Å². The molecule has 2 aromatic heterocycles. The summed E-state index contributed by atoms with van der Waals surface area (Å²) in [7, 11) is 0. The summed E-state index contributed by atoms with van der Waals surface area (Å²) in [4.78, 5) is 15.2. The third kappa shape index (κ3) is 5.96. The van der Waals surface area contributed by atoms with Crippen molar-refractivity contribution in [2.45, 2.75) is 0 Å². The highest BCUT2D eigenvalue weighted by Gasteiger charge is 2.18. The van der Waals surface area contributed by atoms with Crippen LogP contribution in [0, 0.1) is 0 Å². The second-order valence-electron chi connectivity index (χ2n) is 13.6. The fourth-order valence-electron chi connectivity index (χ4n) is 7.64. The molecule has 0 radical (unpaired) electrons. The number of nitrogens with zero attached hydrogens (tertiary/aromatic N) is 4. The highest BCUT2D eigenvalue weighted by atomic mass is 15.0. The Balaban J connectivity index is 1.10. The van der Waals surface area contributed by atoms with Crippen molar-refractivity contribution in [2.75, 3.05) is 0 Å². The van der Waals surface area contributed by atoms with E-state index in [1.165, 1.54) is 32.9 Å². The fraction of sp³-hybridized carbons (Fsp3) is 0. The van der Waals surface area contributed by atoms with E-state index in [2.05, 4.69) is 168 Å². The number of hydrogen-bond donors (Lipinski definition) is 0. The van der Waals surface area contributed by atoms with E-state index in [0.717, 1.165) is 44.6 Å². The first-order chi connectivity index (χ1) is 27.3. The van der Waals surface area contributed by atoms with Gasteiger partial charge in [-0.25, -0.2) is 15.0 Å². The normalized spacial score (nSPS) is 11.3. The van der Waals surface area contributed by atoms with Gasteiger partial charge in [-0.1, -0.05) is 188 Å². The molecule has 0 aliphatic carbocycles. The highest BCUT2D eigenvalue weighted by molar-refractivity contribution is 6.10. The second-order valence-corrected chi connectivity index (χ2v) is 13.6. The van der Waals surface area contributed by atoms with Crippen LogP contribution in [-0.4, -0.2) is 19.5 Å². The third-order valence-corrected chi connectivity index (χ3v) is 10.3. The van der Waals surface area contributed by atoms with Crippen LogP contribution in [0.1, 0.15) is 0 Å². The van der Waals surface area contributed by atoms with E-state index in [-0.39, 0.29) is 0 Å². The van der Waals surface area contributed by atoms with Crippen LogP contribution in [0.25, 0.3) is 95.0 Å². The molecular weight excluding hydrogens is 669 g/mol. The molecule has 0 atom stereocenters. The lowest BCUT2D eigenvalue weighted by molar-refractivity contribution is 1.07. The van der Waals surface area contributed by atoms with Crippen LogP contribution in [0.3, 0.4) is 0 Å². The van der Waals surface area contributed by atoms with Crippen LogP contribution in [0.2, 0.25) is 0 Å². The average Bonchev–Trinajstić information content (AvgIpc) is 3.61. The Hall–Kier alpha value is -7.43. The molecule has 0 saturated carbocycles. The minimum atomic E-state index is 0.627. The smallest absolute Gasteiger partial charge is 0.164 e. The van der Waals surface area contributed by atoms with Gasteiger partial charge in [-0.15, -0.1) is 0 Å². The highest BCUT2D eigenvalue weighted by Crippen LogP contribution is 2.39. The first kappa shape index (κ1) is 32.2. The number of hydrogen-bond acceptors (Lipinski definition) is 3. The lowest BCUT2D eigenvalue weighted by Crippen LogP contribution is -2.01. The van der Waals surface area contributed by atoms with Crippen LogP contribution in [-0.2, 0) is 0 Å². The molecule has 0 amide bonds. The van der Waals surface area contributed by atoms with Crippen molar-refractivity contribution in [2.24, 2.45) is 0 Å². The molecule has 0 unspecified atom stereocenters. The van der Waals surface area contributed by atoms with Gasteiger partial charge in [0.25, 0.3) is 0 Å². The molecule has 55 heavy (non-hydrogen) atoms. The van der Waals surface area contributed by atoms with Crippen LogP contribution in [0.15, 0.2) is 206 Å². The lowest BCUT2D eigenvalue weighted by atomic mass is 9.99. The van der Waals surface area contributed by atoms with Crippen molar-refractivity contribution in [1.29, 1.82) is 0 Å². The molecular formula is C51H34N4. The van der Waals surface area contributed by atoms with Gasteiger partial charge in [0.05, 0.1) is 16.7 Å². The molecule has 4 heteroatoms. The number of fused-ring (bicyclic) bond motifs is 3. The molecule has 10 aromatic rings. The molecule has 0 aliphatic heterocycles. The summed E-state index contributed by atoms with van der Waals surface area (Å²) in [6, 6.07) is 72.2. The Morgan fingerprint density at radius 3 is 1.44 bits per heavy atom. The van der Waals surface area contributed by atoms with E-state index in [0.29, 0.717) is 17.5 Å². The van der Waals surface area contributed by atoms with Crippen molar-refractivity contribution in [3.63, 3.8) is 0 Å². The van der Waals surface area contributed by atoms with E-state index >= 15 is 0 Å². The molecule has 10 rings (SSSR count). The maximum atomic E-state index is 5.12. The molecule has 0 saturated heterocycles. The molecule has 0 spiro atoms. The monoisotopic (exact) mass is 702 g/mol. The summed E-state index contributed by atoms with van der Waals surface area (Å²) in [6.45, 7) is 0. The second kappa shape index (κ2) is 13.8. The largest absolute Gasteiger partial charge is 0.309 e. The summed E-state index contributed by atoms with van der Waals surface area (Å²) in [5.41, 5.74) is 13.1. The van der Waals surface area contributed by atoms with Gasteiger partial charge < -0.3 is 4.57 Å². The van der Waals surface area contributed by atoms with E-state index in [1.54, 1.807) is 0 Å². The topological polar surface area (TPSA) is 43.6 Å². The average molecular weight is 703 g/mol. The maximum absolute atomic E-state index is 5.12. The first-order valence-electron chi connectivity index (χ1n) is 18.5. The summed E-state index contributed by atoms with van der Waals surface area (Å²) in [5.74, 6) is 1.90. The van der Waals surface area contributed by atoms with Crippen molar-refractivity contribution in [1.82, 2.24) is 19.5 Å². The summed E-state index contributed by atoms with van der Waals surface area (Å²) in [6.07, 6.45) is 0. The van der Waals surface area contributed by atoms with Crippen LogP contribution in [0.4, 0.5) is 0 Å². The molecule has 2 heterocycles. The lowest BCUT2D eigenvalue weighted by Gasteiger charge is -2.15. The zero-order chi connectivity index (χ0) is 36.6. The first-order valence-corrected chi connectivity index (χ1v) is 18.5. The van der Waals surface area contributed by atoms with Crippen molar-refractivity contribution in [3.05, 3.63) is 206 Å². The summed E-state index contributed by atoms with van der Waals surface area (Å²) in [5, 5.41) is 2.46. The van der Waals surface area contributed by atoms with Gasteiger partial charge in [0.1, 0.15) is 0 Å². The van der Waals surface area contributed by atoms with E-state index in [1.807, 2.05) is 42.5 Å².